The molecule has 142 valence electrons. The Kier molecular flexibility index (Phi) is 5.18. The van der Waals surface area contributed by atoms with Crippen LogP contribution in [0.3, 0.4) is 0 Å². The first-order chi connectivity index (χ1) is 13.1. The predicted octanol–water partition coefficient (Wildman–Crippen LogP) is 1.91. The number of ether oxygens (including phenoxy) is 1. The third-order valence-electron chi connectivity index (χ3n) is 4.74. The highest BCUT2D eigenvalue weighted by Gasteiger charge is 2.32. The Balaban J connectivity index is 1.54. The van der Waals surface area contributed by atoms with Gasteiger partial charge >= 0.3 is 0 Å². The van der Waals surface area contributed by atoms with Gasteiger partial charge in [-0.05, 0) is 31.9 Å². The van der Waals surface area contributed by atoms with Crippen molar-refractivity contribution in [3.05, 3.63) is 36.0 Å². The summed E-state index contributed by atoms with van der Waals surface area (Å²) in [6.45, 7) is 3.11. The maximum Gasteiger partial charge on any atom is 0.240 e. The second-order valence-electron chi connectivity index (χ2n) is 6.69. The van der Waals surface area contributed by atoms with Gasteiger partial charge in [-0.25, -0.2) is 4.68 Å². The summed E-state index contributed by atoms with van der Waals surface area (Å²) in [5, 5.41) is 8.40. The molecule has 1 aromatic heterocycles. The number of carbonyl (C=O) groups excluding carboxylic acids is 2. The Morgan fingerprint density at radius 3 is 2.93 bits per heavy atom. The quantitative estimate of drug-likeness (QED) is 0.850. The van der Waals surface area contributed by atoms with E-state index < -0.39 is 0 Å². The summed E-state index contributed by atoms with van der Waals surface area (Å²) in [5.74, 6) is 0.0447. The number of hydrogen-bond acceptors (Lipinski definition) is 5. The molecule has 2 aliphatic heterocycles. The van der Waals surface area contributed by atoms with Crippen LogP contribution < -0.4 is 10.2 Å². The molecule has 1 aromatic carbocycles. The molecule has 0 bridgehead atoms. The van der Waals surface area contributed by atoms with Crippen LogP contribution in [0.5, 0.6) is 0 Å². The number of aryl methyl sites for hydroxylation is 1. The van der Waals surface area contributed by atoms with Gasteiger partial charge in [-0.1, -0.05) is 30.0 Å². The summed E-state index contributed by atoms with van der Waals surface area (Å²) < 4.78 is 7.38. The van der Waals surface area contributed by atoms with Gasteiger partial charge in [0.2, 0.25) is 11.8 Å². The second-order valence-corrected chi connectivity index (χ2v) is 7.66. The van der Waals surface area contributed by atoms with E-state index in [1.54, 1.807) is 4.90 Å². The van der Waals surface area contributed by atoms with Crippen molar-refractivity contribution in [1.82, 2.24) is 15.1 Å². The Morgan fingerprint density at radius 2 is 2.19 bits per heavy atom. The molecule has 2 aliphatic rings. The molecule has 1 unspecified atom stereocenters. The van der Waals surface area contributed by atoms with Crippen molar-refractivity contribution in [2.45, 2.75) is 30.9 Å². The minimum absolute atomic E-state index is 0.000433. The van der Waals surface area contributed by atoms with E-state index in [9.17, 15) is 9.59 Å². The van der Waals surface area contributed by atoms with E-state index in [2.05, 4.69) is 10.4 Å². The largest absolute Gasteiger partial charge is 0.376 e. The first kappa shape index (κ1) is 18.1. The highest BCUT2D eigenvalue weighted by Crippen LogP contribution is 2.39. The summed E-state index contributed by atoms with van der Waals surface area (Å²) in [5.41, 5.74) is 2.40. The van der Waals surface area contributed by atoms with Gasteiger partial charge in [0, 0.05) is 13.2 Å². The summed E-state index contributed by atoms with van der Waals surface area (Å²) in [6.07, 6.45) is 2.08. The van der Waals surface area contributed by atoms with E-state index in [0.717, 1.165) is 41.5 Å². The lowest BCUT2D eigenvalue weighted by atomic mass is 10.2. The Morgan fingerprint density at radius 1 is 1.37 bits per heavy atom. The zero-order valence-corrected chi connectivity index (χ0v) is 16.0. The number of rotatable bonds is 5. The highest BCUT2D eigenvalue weighted by molar-refractivity contribution is 8.00. The van der Waals surface area contributed by atoms with E-state index in [0.29, 0.717) is 12.3 Å². The number of nitrogens with one attached hydrogen (secondary N) is 1. The normalized spacial score (nSPS) is 19.2. The van der Waals surface area contributed by atoms with Crippen LogP contribution in [0.2, 0.25) is 0 Å². The van der Waals surface area contributed by atoms with E-state index in [4.69, 9.17) is 4.74 Å². The maximum atomic E-state index is 12.5. The molecule has 2 aromatic rings. The SMILES string of the molecule is Cc1nn(-c2ccccc2)c2c1N(CC(=O)NCC1CCCO1)C(=O)CS2. The number of hydrogen-bond donors (Lipinski definition) is 1. The first-order valence-corrected chi connectivity index (χ1v) is 10.1. The van der Waals surface area contributed by atoms with E-state index in [-0.39, 0.29) is 24.5 Å². The number of benzene rings is 1. The fraction of sp³-hybridized carbons (Fsp3) is 0.421. The summed E-state index contributed by atoms with van der Waals surface area (Å²) in [4.78, 5) is 26.5. The number of amides is 2. The summed E-state index contributed by atoms with van der Waals surface area (Å²) in [6, 6.07) is 9.81. The number of fused-ring (bicyclic) bond motifs is 1. The second kappa shape index (κ2) is 7.74. The van der Waals surface area contributed by atoms with Crippen molar-refractivity contribution in [1.29, 1.82) is 0 Å². The predicted molar refractivity (Wildman–Crippen MR) is 103 cm³/mol. The van der Waals surface area contributed by atoms with Gasteiger partial charge < -0.3 is 10.1 Å². The molecule has 1 N–H and O–H groups in total. The van der Waals surface area contributed by atoms with E-state index >= 15 is 0 Å². The molecule has 0 spiro atoms. The molecule has 0 radical (unpaired) electrons. The zero-order chi connectivity index (χ0) is 18.8. The number of anilines is 1. The zero-order valence-electron chi connectivity index (χ0n) is 15.2. The Hall–Kier alpha value is -2.32. The monoisotopic (exact) mass is 386 g/mol. The lowest BCUT2D eigenvalue weighted by molar-refractivity contribution is -0.123. The molecule has 0 aliphatic carbocycles. The fourth-order valence-corrected chi connectivity index (χ4v) is 4.49. The van der Waals surface area contributed by atoms with Crippen molar-refractivity contribution in [2.24, 2.45) is 0 Å². The molecule has 0 saturated carbocycles. The molecule has 4 rings (SSSR count). The number of aromatic nitrogens is 2. The van der Waals surface area contributed by atoms with Crippen LogP contribution in [0.15, 0.2) is 35.4 Å². The van der Waals surface area contributed by atoms with Crippen LogP contribution in [0.1, 0.15) is 18.5 Å². The average Bonchev–Trinajstić information content (AvgIpc) is 3.31. The summed E-state index contributed by atoms with van der Waals surface area (Å²) in [7, 11) is 0. The van der Waals surface area contributed by atoms with Gasteiger partial charge in [0.25, 0.3) is 0 Å². The van der Waals surface area contributed by atoms with Crippen molar-refractivity contribution in [2.75, 3.05) is 30.3 Å². The minimum Gasteiger partial charge on any atom is -0.376 e. The van der Waals surface area contributed by atoms with Crippen LogP contribution in [0.25, 0.3) is 5.69 Å². The average molecular weight is 386 g/mol. The molecule has 1 atom stereocenters. The number of para-hydroxylation sites is 1. The lowest BCUT2D eigenvalue weighted by Crippen LogP contribution is -2.45. The molecule has 1 saturated heterocycles. The van der Waals surface area contributed by atoms with Crippen molar-refractivity contribution < 1.29 is 14.3 Å². The number of thioether (sulfide) groups is 1. The van der Waals surface area contributed by atoms with Gasteiger partial charge in [-0.2, -0.15) is 5.10 Å². The number of nitrogens with zero attached hydrogens (tertiary/aromatic N) is 3. The standard InChI is InChI=1S/C19H22N4O3S/c1-13-18-19(23(21-13)14-6-3-2-4-7-14)27-12-17(25)22(18)11-16(24)20-10-15-8-5-9-26-15/h2-4,6-7,15H,5,8-12H2,1H3,(H,20,24). The number of carbonyl (C=O) groups is 2. The molecular formula is C19H22N4O3S. The molecule has 2 amide bonds. The van der Waals surface area contributed by atoms with Crippen LogP contribution >= 0.6 is 11.8 Å². The van der Waals surface area contributed by atoms with E-state index in [1.807, 2.05) is 41.9 Å². The highest BCUT2D eigenvalue weighted by atomic mass is 32.2. The van der Waals surface area contributed by atoms with Gasteiger partial charge in [0.15, 0.2) is 0 Å². The van der Waals surface area contributed by atoms with Crippen LogP contribution in [-0.2, 0) is 14.3 Å². The van der Waals surface area contributed by atoms with Gasteiger partial charge in [0.1, 0.15) is 11.6 Å². The molecule has 27 heavy (non-hydrogen) atoms. The van der Waals surface area contributed by atoms with Crippen molar-refractivity contribution in [3.63, 3.8) is 0 Å². The molecule has 7 nitrogen and oxygen atoms in total. The third-order valence-corrected chi connectivity index (χ3v) is 5.78. The van der Waals surface area contributed by atoms with Gasteiger partial charge in [-0.3, -0.25) is 14.5 Å². The minimum atomic E-state index is -0.177. The molecule has 3 heterocycles. The van der Waals surface area contributed by atoms with Crippen molar-refractivity contribution >= 4 is 29.3 Å². The topological polar surface area (TPSA) is 76.5 Å². The molecule has 1 fully saturated rings. The van der Waals surface area contributed by atoms with Gasteiger partial charge in [0.05, 0.1) is 28.9 Å². The van der Waals surface area contributed by atoms with Gasteiger partial charge in [-0.15, -0.1) is 0 Å². The third kappa shape index (κ3) is 3.72. The fourth-order valence-electron chi connectivity index (χ4n) is 3.41. The van der Waals surface area contributed by atoms with Crippen molar-refractivity contribution in [3.8, 4) is 5.69 Å². The Bertz CT molecular complexity index is 846. The van der Waals surface area contributed by atoms with E-state index in [1.165, 1.54) is 11.8 Å². The van der Waals surface area contributed by atoms with Crippen LogP contribution in [0, 0.1) is 6.92 Å². The van der Waals surface area contributed by atoms with Crippen LogP contribution in [-0.4, -0.2) is 53.1 Å². The smallest absolute Gasteiger partial charge is 0.240 e. The summed E-state index contributed by atoms with van der Waals surface area (Å²) >= 11 is 1.46. The lowest BCUT2D eigenvalue weighted by Gasteiger charge is -2.27. The molecular weight excluding hydrogens is 364 g/mol. The Labute approximate surface area is 162 Å². The maximum absolute atomic E-state index is 12.5. The first-order valence-electron chi connectivity index (χ1n) is 9.10. The van der Waals surface area contributed by atoms with Crippen LogP contribution in [0.4, 0.5) is 5.69 Å². The molecule has 8 heteroatoms.